The van der Waals surface area contributed by atoms with Crippen LogP contribution in [-0.2, 0) is 24.5 Å². The molecule has 0 saturated heterocycles. The standard InChI is InChI=1S/C8H8ClNO4S.C8H8NO3S.K.H2O/c1-2-15(13,14)5-3-4-6(9)10-7(5)8(11)12;1-2-13(11,12)8-4-3-5-9-7(8)6-10;;/h3-4H,2H2,1H3,(H,11,12);3-5H,2H2,1H3;;1H2/q;-1;+1;/p-1. The number of sulfone groups is 2. The monoisotopic (exact) mass is 503 g/mol. The summed E-state index contributed by atoms with van der Waals surface area (Å²) in [7, 11) is -6.96. The minimum Gasteiger partial charge on any atom is -0.870 e. The van der Waals surface area contributed by atoms with Crippen molar-refractivity contribution in [3.8, 4) is 0 Å². The average molecular weight is 504 g/mol. The molecule has 14 heteroatoms. The van der Waals surface area contributed by atoms with Crippen LogP contribution in [0.15, 0.2) is 40.3 Å². The zero-order valence-corrected chi connectivity index (χ0v) is 21.7. The smallest absolute Gasteiger partial charge is 0.870 e. The van der Waals surface area contributed by atoms with Gasteiger partial charge in [0.1, 0.15) is 19.9 Å². The molecule has 0 aliphatic heterocycles. The van der Waals surface area contributed by atoms with Crippen molar-refractivity contribution < 1.29 is 88.4 Å². The van der Waals surface area contributed by atoms with E-state index in [2.05, 4.69) is 9.97 Å². The molecular formula is C16H17ClKN2O8S2-. The van der Waals surface area contributed by atoms with Crippen molar-refractivity contribution in [2.24, 2.45) is 0 Å². The van der Waals surface area contributed by atoms with Gasteiger partial charge in [0.2, 0.25) is 0 Å². The van der Waals surface area contributed by atoms with Crippen LogP contribution in [-0.4, -0.2) is 61.1 Å². The summed E-state index contributed by atoms with van der Waals surface area (Å²) >= 11 is 5.48. The number of carbonyl (C=O) groups excluding carboxylic acids is 1. The number of rotatable bonds is 6. The zero-order chi connectivity index (χ0) is 21.5. The van der Waals surface area contributed by atoms with Crippen molar-refractivity contribution >= 4 is 43.5 Å². The van der Waals surface area contributed by atoms with Gasteiger partial charge in [-0.3, -0.25) is 4.98 Å². The van der Waals surface area contributed by atoms with E-state index in [9.17, 15) is 26.4 Å². The Morgan fingerprint density at radius 3 is 2.07 bits per heavy atom. The molecule has 2 heterocycles. The summed E-state index contributed by atoms with van der Waals surface area (Å²) in [4.78, 5) is 27.8. The van der Waals surface area contributed by atoms with Gasteiger partial charge in [0.15, 0.2) is 15.5 Å². The predicted octanol–water partition coefficient (Wildman–Crippen LogP) is -1.61. The molecular weight excluding hydrogens is 487 g/mol. The molecule has 0 bridgehead atoms. The number of aromatic carboxylic acids is 1. The molecule has 0 fully saturated rings. The topological polar surface area (TPSA) is 178 Å². The molecule has 0 atom stereocenters. The van der Waals surface area contributed by atoms with Crippen LogP contribution < -0.4 is 51.4 Å². The minimum absolute atomic E-state index is 0. The molecule has 0 aliphatic carbocycles. The average Bonchev–Trinajstić information content (AvgIpc) is 2.68. The van der Waals surface area contributed by atoms with Crippen LogP contribution >= 0.6 is 11.6 Å². The van der Waals surface area contributed by atoms with Crippen LogP contribution in [0.3, 0.4) is 0 Å². The van der Waals surface area contributed by atoms with Gasteiger partial charge in [0.25, 0.3) is 0 Å². The third-order valence-electron chi connectivity index (χ3n) is 3.32. The van der Waals surface area contributed by atoms with Crippen LogP contribution in [0.4, 0.5) is 0 Å². The van der Waals surface area contributed by atoms with E-state index in [4.69, 9.17) is 16.7 Å². The molecule has 0 aromatic carbocycles. The van der Waals surface area contributed by atoms with Crippen LogP contribution in [0.2, 0.25) is 5.15 Å². The number of hydrogen-bond donors (Lipinski definition) is 1. The van der Waals surface area contributed by atoms with Crippen LogP contribution in [0.1, 0.15) is 30.0 Å². The largest absolute Gasteiger partial charge is 1.00 e. The van der Waals surface area contributed by atoms with E-state index in [0.29, 0.717) is 0 Å². The first-order valence-electron chi connectivity index (χ1n) is 7.68. The molecule has 0 spiro atoms. The van der Waals surface area contributed by atoms with Crippen LogP contribution in [0, 0.1) is 0 Å². The van der Waals surface area contributed by atoms with Gasteiger partial charge in [-0.2, -0.15) is 0 Å². The van der Waals surface area contributed by atoms with Gasteiger partial charge in [-0.1, -0.05) is 36.4 Å². The number of carboxylic acid groups (broad SMARTS) is 1. The summed E-state index contributed by atoms with van der Waals surface area (Å²) in [5.74, 6) is -1.64. The quantitative estimate of drug-likeness (QED) is 0.273. The van der Waals surface area contributed by atoms with E-state index < -0.39 is 31.3 Å². The summed E-state index contributed by atoms with van der Waals surface area (Å²) in [6.07, 6.45) is 2.85. The van der Waals surface area contributed by atoms with Gasteiger partial charge in [0, 0.05) is 18.2 Å². The van der Waals surface area contributed by atoms with Crippen molar-refractivity contribution in [1.82, 2.24) is 9.97 Å². The molecule has 160 valence electrons. The Balaban J connectivity index is 0. The second kappa shape index (κ2) is 13.6. The van der Waals surface area contributed by atoms with E-state index in [0.717, 1.165) is 6.07 Å². The number of aromatic nitrogens is 2. The summed E-state index contributed by atoms with van der Waals surface area (Å²) in [6.45, 7) is 2.94. The van der Waals surface area contributed by atoms with Crippen molar-refractivity contribution in [2.45, 2.75) is 23.6 Å². The van der Waals surface area contributed by atoms with Crippen molar-refractivity contribution in [3.05, 3.63) is 47.0 Å². The number of halogens is 1. The summed E-state index contributed by atoms with van der Waals surface area (Å²) < 4.78 is 45.7. The van der Waals surface area contributed by atoms with E-state index in [1.807, 2.05) is 0 Å². The summed E-state index contributed by atoms with van der Waals surface area (Å²) in [6, 6.07) is 5.23. The predicted molar refractivity (Wildman–Crippen MR) is 103 cm³/mol. The number of carbonyl (C=O) groups is 1. The minimum atomic E-state index is -3.59. The third-order valence-corrected chi connectivity index (χ3v) is 7.05. The first kappa shape index (κ1) is 31.4. The van der Waals surface area contributed by atoms with Gasteiger partial charge < -0.3 is 15.4 Å². The van der Waals surface area contributed by atoms with E-state index in [1.54, 1.807) is 0 Å². The zero-order valence-electron chi connectivity index (χ0n) is 16.2. The van der Waals surface area contributed by atoms with E-state index in [1.165, 1.54) is 44.5 Å². The van der Waals surface area contributed by atoms with Gasteiger partial charge in [0.05, 0.1) is 5.75 Å². The van der Waals surface area contributed by atoms with Gasteiger partial charge in [-0.15, -0.1) is 6.07 Å². The molecule has 30 heavy (non-hydrogen) atoms. The molecule has 2 rings (SSSR count). The van der Waals surface area contributed by atoms with Crippen molar-refractivity contribution in [3.63, 3.8) is 0 Å². The number of carboxylic acids is 1. The molecule has 0 radical (unpaired) electrons. The Kier molecular flexibility index (Phi) is 14.2. The number of nitrogens with zero attached hydrogens (tertiary/aromatic N) is 2. The maximum atomic E-state index is 11.5. The second-order valence-corrected chi connectivity index (χ2v) is 9.93. The van der Waals surface area contributed by atoms with Gasteiger partial charge in [-0.25, -0.2) is 26.6 Å². The Morgan fingerprint density at radius 1 is 1.07 bits per heavy atom. The maximum absolute atomic E-state index is 11.5. The second-order valence-electron chi connectivity index (χ2n) is 5.04. The molecule has 0 aliphatic rings. The fourth-order valence-corrected chi connectivity index (χ4v) is 4.00. The van der Waals surface area contributed by atoms with E-state index in [-0.39, 0.29) is 89.0 Å². The fourth-order valence-electron chi connectivity index (χ4n) is 1.86. The molecule has 0 saturated carbocycles. The van der Waals surface area contributed by atoms with Crippen LogP contribution in [0.25, 0.3) is 0 Å². The molecule has 2 aromatic rings. The van der Waals surface area contributed by atoms with Gasteiger partial charge >= 0.3 is 57.4 Å². The Hall–Kier alpha value is -0.774. The Labute approximate surface area is 221 Å². The first-order valence-corrected chi connectivity index (χ1v) is 11.4. The summed E-state index contributed by atoms with van der Waals surface area (Å²) in [5.41, 5.74) is -0.686. The van der Waals surface area contributed by atoms with Crippen molar-refractivity contribution in [1.29, 1.82) is 0 Å². The third kappa shape index (κ3) is 8.40. The summed E-state index contributed by atoms with van der Waals surface area (Å²) in [5, 5.41) is 8.71. The number of hydrogen-bond acceptors (Lipinski definition) is 9. The van der Waals surface area contributed by atoms with Gasteiger partial charge in [-0.05, 0) is 17.8 Å². The molecule has 2 aromatic heterocycles. The molecule has 2 N–H and O–H groups in total. The fraction of sp³-hybridized carbons (Fsp3) is 0.250. The Bertz CT molecular complexity index is 1090. The SMILES string of the molecule is CCS(=O)(=O)c1ccc(Cl)nc1C(=O)O.CCS(=O)(=O)c1cccnc1[C-]=O.[K+].[OH-]. The van der Waals surface area contributed by atoms with E-state index >= 15 is 0 Å². The molecule has 0 amide bonds. The molecule has 0 unspecified atom stereocenters. The van der Waals surface area contributed by atoms with Crippen LogP contribution in [0.5, 0.6) is 0 Å². The Morgan fingerprint density at radius 2 is 1.60 bits per heavy atom. The maximum Gasteiger partial charge on any atom is 1.00 e. The molecule has 10 nitrogen and oxygen atoms in total. The normalized spacial score (nSPS) is 10.5. The van der Waals surface area contributed by atoms with Crippen molar-refractivity contribution in [2.75, 3.05) is 11.5 Å². The number of pyridine rings is 2. The first-order chi connectivity index (χ1) is 13.0.